The highest BCUT2D eigenvalue weighted by Gasteiger charge is 2.50. The minimum atomic E-state index is -2.70. The summed E-state index contributed by atoms with van der Waals surface area (Å²) in [7, 11) is -2.70. The molecule has 2 aliphatic heterocycles. The van der Waals surface area contributed by atoms with Crippen LogP contribution in [0.2, 0.25) is 10.2 Å². The van der Waals surface area contributed by atoms with E-state index in [-0.39, 0.29) is 28.4 Å². The van der Waals surface area contributed by atoms with E-state index in [0.717, 1.165) is 24.1 Å². The number of aromatic nitrogens is 2. The van der Waals surface area contributed by atoms with Gasteiger partial charge in [0.1, 0.15) is 11.4 Å². The summed E-state index contributed by atoms with van der Waals surface area (Å²) in [5.74, 6) is 0.160. The SMILES string of the molecule is Cc1c(CCCO[Si](c2ccccc2)(c2ccccc2)C(C)(C)C)nc(N2CC3CCC(C2)N3C(=O)OC(C)(C)C)c2cnc(Cl)c(F)c12. The van der Waals surface area contributed by atoms with Crippen molar-refractivity contribution < 1.29 is 18.3 Å². The number of halogens is 2. The fraction of sp³-hybridized carbons (Fsp3) is 0.462. The fourth-order valence-electron chi connectivity index (χ4n) is 7.82. The Morgan fingerprint density at radius 3 is 2.06 bits per heavy atom. The average Bonchev–Trinajstić information content (AvgIpc) is 3.32. The molecule has 2 aromatic carbocycles. The summed E-state index contributed by atoms with van der Waals surface area (Å²) in [5.41, 5.74) is 1.01. The van der Waals surface area contributed by atoms with Crippen LogP contribution in [0, 0.1) is 12.7 Å². The van der Waals surface area contributed by atoms with Gasteiger partial charge in [-0.05, 0) is 74.4 Å². The van der Waals surface area contributed by atoms with Crippen LogP contribution >= 0.6 is 11.6 Å². The molecule has 0 N–H and O–H groups in total. The highest BCUT2D eigenvalue weighted by Crippen LogP contribution is 2.39. The number of hydrogen-bond acceptors (Lipinski definition) is 6. The summed E-state index contributed by atoms with van der Waals surface area (Å²) >= 11 is 6.26. The van der Waals surface area contributed by atoms with Crippen molar-refractivity contribution in [3.8, 4) is 0 Å². The number of aryl methyl sites for hydroxylation is 2. The Balaban J connectivity index is 1.29. The standard InChI is InChI=1S/C39H48ClFN4O3Si/c1-26-32(19-14-22-47-49(39(5,6)7,29-15-10-8-11-16-29)30-17-12-9-13-18-30)43-36(31-23-42-35(40)34(41)33(26)31)44-24-27-20-21-28(25-44)45(27)37(46)48-38(2,3)4/h8-13,15-18,23,27-28H,14,19-22,24-25H2,1-7H3. The molecule has 2 fully saturated rings. The van der Waals surface area contributed by atoms with Gasteiger partial charge >= 0.3 is 6.09 Å². The lowest BCUT2D eigenvalue weighted by Gasteiger charge is -2.43. The molecule has 2 bridgehead atoms. The Bertz CT molecular complexity index is 1760. The van der Waals surface area contributed by atoms with E-state index in [1.165, 1.54) is 10.4 Å². The summed E-state index contributed by atoms with van der Waals surface area (Å²) < 4.78 is 28.7. The van der Waals surface area contributed by atoms with E-state index in [1.54, 1.807) is 6.20 Å². The monoisotopic (exact) mass is 702 g/mol. The minimum Gasteiger partial charge on any atom is -0.444 e. The molecule has 0 aliphatic carbocycles. The average molecular weight is 703 g/mol. The van der Waals surface area contributed by atoms with E-state index < -0.39 is 19.7 Å². The predicted octanol–water partition coefficient (Wildman–Crippen LogP) is 7.83. The Hall–Kier alpha value is -3.53. The molecule has 2 unspecified atom stereocenters. The first-order chi connectivity index (χ1) is 23.2. The number of pyridine rings is 2. The third-order valence-electron chi connectivity index (χ3n) is 9.95. The molecule has 49 heavy (non-hydrogen) atoms. The summed E-state index contributed by atoms with van der Waals surface area (Å²) in [6.45, 7) is 16.1. The van der Waals surface area contributed by atoms with Crippen LogP contribution in [0.25, 0.3) is 10.8 Å². The first-order valence-corrected chi connectivity index (χ1v) is 19.6. The third kappa shape index (κ3) is 6.82. The van der Waals surface area contributed by atoms with Crippen LogP contribution < -0.4 is 15.3 Å². The molecule has 10 heteroatoms. The minimum absolute atomic E-state index is 0.0137. The van der Waals surface area contributed by atoms with E-state index in [0.29, 0.717) is 49.1 Å². The zero-order valence-corrected chi connectivity index (χ0v) is 31.5. The van der Waals surface area contributed by atoms with E-state index in [1.807, 2.05) is 44.7 Å². The molecule has 2 aliphatic rings. The number of fused-ring (bicyclic) bond motifs is 3. The maximum atomic E-state index is 15.8. The Morgan fingerprint density at radius 2 is 1.53 bits per heavy atom. The van der Waals surface area contributed by atoms with Crippen LogP contribution in [0.4, 0.5) is 15.0 Å². The quantitative estimate of drug-likeness (QED) is 0.106. The van der Waals surface area contributed by atoms with Crippen molar-refractivity contribution in [2.24, 2.45) is 0 Å². The summed E-state index contributed by atoms with van der Waals surface area (Å²) in [5, 5.41) is 3.28. The second-order valence-corrected chi connectivity index (χ2v) is 20.1. The second kappa shape index (κ2) is 13.6. The number of nitrogens with zero attached hydrogens (tertiary/aromatic N) is 4. The second-order valence-electron chi connectivity index (χ2n) is 15.5. The van der Waals surface area contributed by atoms with Crippen molar-refractivity contribution in [1.82, 2.24) is 14.9 Å². The molecule has 0 saturated carbocycles. The van der Waals surface area contributed by atoms with Crippen molar-refractivity contribution in [3.05, 3.63) is 89.1 Å². The van der Waals surface area contributed by atoms with Gasteiger partial charge in [0.05, 0.1) is 12.1 Å². The van der Waals surface area contributed by atoms with Crippen molar-refractivity contribution in [3.63, 3.8) is 0 Å². The van der Waals surface area contributed by atoms with E-state index in [2.05, 4.69) is 79.2 Å². The molecule has 4 aromatic rings. The van der Waals surface area contributed by atoms with Gasteiger partial charge in [-0.2, -0.15) is 0 Å². The van der Waals surface area contributed by atoms with Gasteiger partial charge in [-0.1, -0.05) is 93.0 Å². The molecule has 4 heterocycles. The number of ether oxygens (including phenoxy) is 1. The van der Waals surface area contributed by atoms with E-state index >= 15 is 4.39 Å². The number of hydrogen-bond donors (Lipinski definition) is 0. The van der Waals surface area contributed by atoms with E-state index in [9.17, 15) is 4.79 Å². The fourth-order valence-corrected chi connectivity index (χ4v) is 12.6. The molecule has 1 amide bonds. The predicted molar refractivity (Wildman–Crippen MR) is 198 cm³/mol. The Kier molecular flexibility index (Phi) is 9.83. The van der Waals surface area contributed by atoms with Crippen molar-refractivity contribution in [2.45, 2.75) is 96.9 Å². The highest BCUT2D eigenvalue weighted by atomic mass is 35.5. The van der Waals surface area contributed by atoms with Gasteiger partial charge in [0.15, 0.2) is 11.0 Å². The molecule has 260 valence electrons. The van der Waals surface area contributed by atoms with Crippen LogP contribution in [-0.2, 0) is 15.6 Å². The number of carbonyl (C=O) groups is 1. The first-order valence-electron chi connectivity index (χ1n) is 17.4. The molecular weight excluding hydrogens is 655 g/mol. The smallest absolute Gasteiger partial charge is 0.410 e. The molecule has 2 aromatic heterocycles. The number of benzene rings is 2. The number of piperazine rings is 1. The zero-order valence-electron chi connectivity index (χ0n) is 29.7. The van der Waals surface area contributed by atoms with E-state index in [4.69, 9.17) is 25.7 Å². The van der Waals surface area contributed by atoms with Crippen LogP contribution in [0.1, 0.15) is 72.1 Å². The zero-order chi connectivity index (χ0) is 35.1. The largest absolute Gasteiger partial charge is 0.444 e. The van der Waals surface area contributed by atoms with Crippen LogP contribution in [0.15, 0.2) is 66.9 Å². The lowest BCUT2D eigenvalue weighted by atomic mass is 10.0. The van der Waals surface area contributed by atoms with Crippen molar-refractivity contribution in [2.75, 3.05) is 24.6 Å². The van der Waals surface area contributed by atoms with Crippen molar-refractivity contribution in [1.29, 1.82) is 0 Å². The topological polar surface area (TPSA) is 67.8 Å². The molecule has 2 saturated heterocycles. The number of rotatable bonds is 8. The van der Waals surface area contributed by atoms with Gasteiger partial charge in [0.25, 0.3) is 8.32 Å². The Labute approximate surface area is 295 Å². The number of carbonyl (C=O) groups excluding carboxylic acids is 1. The van der Waals surface area contributed by atoms with Gasteiger partial charge in [-0.3, -0.25) is 4.90 Å². The number of amides is 1. The van der Waals surface area contributed by atoms with Crippen LogP contribution in [0.3, 0.4) is 0 Å². The molecule has 0 radical (unpaired) electrons. The summed E-state index contributed by atoms with van der Waals surface area (Å²) in [4.78, 5) is 26.6. The summed E-state index contributed by atoms with van der Waals surface area (Å²) in [6, 6.07) is 21.2. The van der Waals surface area contributed by atoms with Gasteiger partial charge < -0.3 is 14.1 Å². The first kappa shape index (κ1) is 35.3. The van der Waals surface area contributed by atoms with Gasteiger partial charge in [-0.25, -0.2) is 19.2 Å². The molecule has 0 spiro atoms. The third-order valence-corrected chi connectivity index (χ3v) is 15.3. The van der Waals surface area contributed by atoms with Crippen LogP contribution in [0.5, 0.6) is 0 Å². The van der Waals surface area contributed by atoms with Crippen molar-refractivity contribution >= 4 is 53.0 Å². The summed E-state index contributed by atoms with van der Waals surface area (Å²) in [6.07, 6.45) is 4.44. The van der Waals surface area contributed by atoms with Gasteiger partial charge in [0, 0.05) is 42.4 Å². The normalized spacial score (nSPS) is 18.3. The highest BCUT2D eigenvalue weighted by molar-refractivity contribution is 6.99. The lowest BCUT2D eigenvalue weighted by molar-refractivity contribution is 0.0123. The maximum Gasteiger partial charge on any atom is 0.410 e. The molecule has 2 atom stereocenters. The lowest BCUT2D eigenvalue weighted by Crippen LogP contribution is -2.66. The van der Waals surface area contributed by atoms with Gasteiger partial charge in [-0.15, -0.1) is 0 Å². The Morgan fingerprint density at radius 1 is 0.959 bits per heavy atom. The molecular formula is C39H48ClFN4O3Si. The number of anilines is 1. The maximum absolute atomic E-state index is 15.8. The molecule has 6 rings (SSSR count). The van der Waals surface area contributed by atoms with Crippen LogP contribution in [-0.4, -0.2) is 66.7 Å². The van der Waals surface area contributed by atoms with Gasteiger partial charge in [0.2, 0.25) is 0 Å². The molecule has 7 nitrogen and oxygen atoms in total.